The molecule has 0 saturated heterocycles. The van der Waals surface area contributed by atoms with Crippen LogP contribution in [0, 0.1) is 11.3 Å². The van der Waals surface area contributed by atoms with E-state index in [1.807, 2.05) is 20.8 Å². The molecule has 8 heteroatoms. The highest BCUT2D eigenvalue weighted by atomic mass is 19.4. The zero-order chi connectivity index (χ0) is 20.4. The molecule has 2 rings (SSSR count). The molecule has 0 spiro atoms. The van der Waals surface area contributed by atoms with Crippen molar-refractivity contribution in [3.8, 4) is 5.75 Å². The average Bonchev–Trinajstić information content (AvgIpc) is 3.39. The summed E-state index contributed by atoms with van der Waals surface area (Å²) in [4.78, 5) is 28.9. The van der Waals surface area contributed by atoms with Gasteiger partial charge >= 0.3 is 6.18 Å². The van der Waals surface area contributed by atoms with Gasteiger partial charge < -0.3 is 10.1 Å². The maximum absolute atomic E-state index is 12.7. The minimum Gasteiger partial charge on any atom is -0.484 e. The highest BCUT2D eigenvalue weighted by Crippen LogP contribution is 2.44. The quantitative estimate of drug-likeness (QED) is 0.722. The van der Waals surface area contributed by atoms with Gasteiger partial charge in [0.2, 0.25) is 5.91 Å². The van der Waals surface area contributed by atoms with Gasteiger partial charge in [-0.3, -0.25) is 14.6 Å². The Bertz CT molecular complexity index is 707. The molecule has 1 unspecified atom stereocenters. The standard InChI is InChI=1S/C19H25F3N2O3/c1-18(2,3)13(17(26)23-4)7-15(25)14-8-16(27-10-19(20,21)22)12(9-24-14)11-5-6-11/h8-9,11,13H,5-7,10H2,1-4H3,(H,23,26). The zero-order valence-electron chi connectivity index (χ0n) is 15.9. The molecule has 1 aliphatic carbocycles. The third-order valence-corrected chi connectivity index (χ3v) is 4.59. The molecule has 1 amide bonds. The third kappa shape index (κ3) is 5.94. The molecule has 1 N–H and O–H groups in total. The summed E-state index contributed by atoms with van der Waals surface area (Å²) in [7, 11) is 1.50. The van der Waals surface area contributed by atoms with E-state index in [0.29, 0.717) is 5.56 Å². The van der Waals surface area contributed by atoms with Crippen LogP contribution in [0.3, 0.4) is 0 Å². The van der Waals surface area contributed by atoms with Gasteiger partial charge in [-0.1, -0.05) is 20.8 Å². The summed E-state index contributed by atoms with van der Waals surface area (Å²) >= 11 is 0. The van der Waals surface area contributed by atoms with E-state index in [9.17, 15) is 22.8 Å². The predicted molar refractivity (Wildman–Crippen MR) is 93.7 cm³/mol. The summed E-state index contributed by atoms with van der Waals surface area (Å²) in [6, 6.07) is 1.27. The van der Waals surface area contributed by atoms with E-state index in [4.69, 9.17) is 4.74 Å². The van der Waals surface area contributed by atoms with Crippen molar-refractivity contribution in [2.45, 2.75) is 52.1 Å². The predicted octanol–water partition coefficient (Wildman–Crippen LogP) is 3.88. The number of hydrogen-bond donors (Lipinski definition) is 1. The van der Waals surface area contributed by atoms with E-state index in [2.05, 4.69) is 10.3 Å². The fraction of sp³-hybridized carbons (Fsp3) is 0.632. The Hall–Kier alpha value is -2.12. The van der Waals surface area contributed by atoms with Gasteiger partial charge in [-0.2, -0.15) is 13.2 Å². The molecule has 0 bridgehead atoms. The largest absolute Gasteiger partial charge is 0.484 e. The molecular weight excluding hydrogens is 361 g/mol. The summed E-state index contributed by atoms with van der Waals surface area (Å²) < 4.78 is 42.5. The number of hydrogen-bond acceptors (Lipinski definition) is 4. The summed E-state index contributed by atoms with van der Waals surface area (Å²) in [5, 5.41) is 2.55. The van der Waals surface area contributed by atoms with E-state index >= 15 is 0 Å². The molecule has 5 nitrogen and oxygen atoms in total. The van der Waals surface area contributed by atoms with E-state index in [1.54, 1.807) is 0 Å². The Morgan fingerprint density at radius 2 is 1.93 bits per heavy atom. The van der Waals surface area contributed by atoms with Crippen LogP contribution in [0.15, 0.2) is 12.3 Å². The number of rotatable bonds is 7. The molecule has 1 aliphatic rings. The van der Waals surface area contributed by atoms with Gasteiger partial charge in [0.05, 0.1) is 5.92 Å². The van der Waals surface area contributed by atoms with Crippen LogP contribution >= 0.6 is 0 Å². The van der Waals surface area contributed by atoms with Crippen molar-refractivity contribution in [1.82, 2.24) is 10.3 Å². The molecule has 0 radical (unpaired) electrons. The number of carbonyl (C=O) groups excluding carboxylic acids is 2. The number of carbonyl (C=O) groups is 2. The Morgan fingerprint density at radius 1 is 1.30 bits per heavy atom. The Balaban J connectivity index is 2.23. The van der Waals surface area contributed by atoms with Gasteiger partial charge in [-0.25, -0.2) is 0 Å². The van der Waals surface area contributed by atoms with Gasteiger partial charge in [0.1, 0.15) is 11.4 Å². The number of halogens is 3. The first-order valence-corrected chi connectivity index (χ1v) is 8.86. The fourth-order valence-electron chi connectivity index (χ4n) is 2.84. The van der Waals surface area contributed by atoms with Gasteiger partial charge in [-0.05, 0) is 24.2 Å². The second-order valence-electron chi connectivity index (χ2n) is 7.95. The van der Waals surface area contributed by atoms with Crippen molar-refractivity contribution >= 4 is 11.7 Å². The Morgan fingerprint density at radius 3 is 2.41 bits per heavy atom. The SMILES string of the molecule is CNC(=O)C(CC(=O)c1cc(OCC(F)(F)F)c(C2CC2)cn1)C(C)(C)C. The lowest BCUT2D eigenvalue weighted by atomic mass is 9.77. The van der Waals surface area contributed by atoms with Crippen LogP contribution in [0.5, 0.6) is 5.75 Å². The van der Waals surface area contributed by atoms with E-state index in [0.717, 1.165) is 12.8 Å². The second-order valence-corrected chi connectivity index (χ2v) is 7.95. The van der Waals surface area contributed by atoms with E-state index in [-0.39, 0.29) is 29.7 Å². The van der Waals surface area contributed by atoms with Crippen LogP contribution in [0.4, 0.5) is 13.2 Å². The molecule has 1 aromatic rings. The van der Waals surface area contributed by atoms with Gasteiger partial charge in [0.15, 0.2) is 12.4 Å². The number of aromatic nitrogens is 1. The Kier molecular flexibility index (Phi) is 6.17. The van der Waals surface area contributed by atoms with Gasteiger partial charge in [0.25, 0.3) is 0 Å². The molecule has 150 valence electrons. The Labute approximate surface area is 156 Å². The number of ketones is 1. The second kappa shape index (κ2) is 7.86. The number of ether oxygens (including phenoxy) is 1. The van der Waals surface area contributed by atoms with Crippen molar-refractivity contribution in [3.63, 3.8) is 0 Å². The normalized spacial score (nSPS) is 16.0. The summed E-state index contributed by atoms with van der Waals surface area (Å²) in [6.45, 7) is 4.12. The van der Waals surface area contributed by atoms with Gasteiger partial charge in [0, 0.05) is 31.3 Å². The molecule has 1 atom stereocenters. The zero-order valence-corrected chi connectivity index (χ0v) is 15.9. The van der Waals surface area contributed by atoms with E-state index in [1.165, 1.54) is 19.3 Å². The van der Waals surface area contributed by atoms with Gasteiger partial charge in [-0.15, -0.1) is 0 Å². The molecule has 1 saturated carbocycles. The molecular formula is C19H25F3N2O3. The number of nitrogens with one attached hydrogen (secondary N) is 1. The molecule has 1 fully saturated rings. The van der Waals surface area contributed by atoms with Crippen molar-refractivity contribution in [3.05, 3.63) is 23.5 Å². The van der Waals surface area contributed by atoms with Crippen molar-refractivity contribution in [2.75, 3.05) is 13.7 Å². The first kappa shape index (κ1) is 21.2. The van der Waals surface area contributed by atoms with Crippen molar-refractivity contribution < 1.29 is 27.5 Å². The summed E-state index contributed by atoms with van der Waals surface area (Å²) in [5.74, 6) is -1.09. The number of amides is 1. The van der Waals surface area contributed by atoms with Crippen LogP contribution in [0.2, 0.25) is 0 Å². The van der Waals surface area contributed by atoms with E-state index < -0.39 is 29.9 Å². The molecule has 0 aliphatic heterocycles. The first-order valence-electron chi connectivity index (χ1n) is 8.86. The lowest BCUT2D eigenvalue weighted by molar-refractivity contribution is -0.153. The molecule has 0 aromatic carbocycles. The van der Waals surface area contributed by atoms with Crippen LogP contribution in [0.1, 0.15) is 62.0 Å². The number of nitrogens with zero attached hydrogens (tertiary/aromatic N) is 1. The molecule has 27 heavy (non-hydrogen) atoms. The molecule has 1 aromatic heterocycles. The van der Waals surface area contributed by atoms with Crippen LogP contribution in [-0.2, 0) is 4.79 Å². The topological polar surface area (TPSA) is 68.3 Å². The third-order valence-electron chi connectivity index (χ3n) is 4.59. The molecule has 1 heterocycles. The van der Waals surface area contributed by atoms with Crippen LogP contribution < -0.4 is 10.1 Å². The lowest BCUT2D eigenvalue weighted by Gasteiger charge is -2.28. The monoisotopic (exact) mass is 386 g/mol. The minimum atomic E-state index is -4.47. The smallest absolute Gasteiger partial charge is 0.422 e. The maximum atomic E-state index is 12.7. The maximum Gasteiger partial charge on any atom is 0.422 e. The average molecular weight is 386 g/mol. The van der Waals surface area contributed by atoms with Crippen LogP contribution in [0.25, 0.3) is 0 Å². The summed E-state index contributed by atoms with van der Waals surface area (Å²) in [5.41, 5.74) is 0.142. The fourth-order valence-corrected chi connectivity index (χ4v) is 2.84. The highest BCUT2D eigenvalue weighted by molar-refractivity contribution is 5.97. The first-order chi connectivity index (χ1) is 12.4. The van der Waals surface area contributed by atoms with Crippen molar-refractivity contribution in [2.24, 2.45) is 11.3 Å². The lowest BCUT2D eigenvalue weighted by Crippen LogP contribution is -2.37. The highest BCUT2D eigenvalue weighted by Gasteiger charge is 2.35. The number of alkyl halides is 3. The van der Waals surface area contributed by atoms with Crippen LogP contribution in [-0.4, -0.2) is 36.5 Å². The number of pyridine rings is 1. The van der Waals surface area contributed by atoms with Crippen molar-refractivity contribution in [1.29, 1.82) is 0 Å². The summed E-state index contributed by atoms with van der Waals surface area (Å²) in [6.07, 6.45) is -1.41. The number of Topliss-reactive ketones (excluding diaryl/α,β-unsaturated/α-hetero) is 1. The minimum absolute atomic E-state index is 0.00901.